The van der Waals surface area contributed by atoms with Crippen molar-refractivity contribution >= 4 is 17.7 Å². The van der Waals surface area contributed by atoms with Gasteiger partial charge in [0.15, 0.2) is 5.78 Å². The number of aliphatic carboxylic acids is 1. The number of hydrogen-bond acceptors (Lipinski definition) is 3. The van der Waals surface area contributed by atoms with E-state index in [1.807, 2.05) is 0 Å². The van der Waals surface area contributed by atoms with Gasteiger partial charge in [-0.2, -0.15) is 0 Å². The molecular formula is C15H20N2O4. The van der Waals surface area contributed by atoms with Crippen LogP contribution in [0.2, 0.25) is 0 Å². The van der Waals surface area contributed by atoms with Crippen LogP contribution in [0.1, 0.15) is 47.5 Å². The van der Waals surface area contributed by atoms with Crippen LogP contribution in [-0.4, -0.2) is 44.8 Å². The summed E-state index contributed by atoms with van der Waals surface area (Å²) < 4.78 is 1.62. The van der Waals surface area contributed by atoms with E-state index in [4.69, 9.17) is 0 Å². The van der Waals surface area contributed by atoms with Crippen LogP contribution in [-0.2, 0) is 11.8 Å². The molecule has 21 heavy (non-hydrogen) atoms. The summed E-state index contributed by atoms with van der Waals surface area (Å²) in [7, 11) is 1.71. The maximum atomic E-state index is 12.6. The van der Waals surface area contributed by atoms with Gasteiger partial charge in [-0.15, -0.1) is 0 Å². The third kappa shape index (κ3) is 2.84. The van der Waals surface area contributed by atoms with Gasteiger partial charge in [-0.1, -0.05) is 0 Å². The predicted molar refractivity (Wildman–Crippen MR) is 76.3 cm³/mol. The van der Waals surface area contributed by atoms with E-state index in [1.165, 1.54) is 6.92 Å². The largest absolute Gasteiger partial charge is 0.481 e. The predicted octanol–water partition coefficient (Wildman–Crippen LogP) is 1.55. The highest BCUT2D eigenvalue weighted by molar-refractivity contribution is 5.99. The van der Waals surface area contributed by atoms with Gasteiger partial charge in [0.2, 0.25) is 0 Å². The van der Waals surface area contributed by atoms with Crippen molar-refractivity contribution < 1.29 is 19.5 Å². The minimum atomic E-state index is -0.865. The molecule has 1 saturated heterocycles. The third-order valence-electron chi connectivity index (χ3n) is 4.20. The standard InChI is InChI=1S/C15H20N2O4/c1-9-12(15(20)21)5-4-6-17(9)14(19)13-7-11(10(2)18)8-16(13)3/h7-9,12H,4-6H2,1-3H3,(H,20,21)/t9-,12-/m1/s1. The fourth-order valence-corrected chi connectivity index (χ4v) is 2.88. The van der Waals surface area contributed by atoms with Gasteiger partial charge >= 0.3 is 5.97 Å². The van der Waals surface area contributed by atoms with Crippen molar-refractivity contribution in [3.8, 4) is 0 Å². The zero-order valence-electron chi connectivity index (χ0n) is 12.5. The van der Waals surface area contributed by atoms with Crippen LogP contribution in [0.3, 0.4) is 0 Å². The average molecular weight is 292 g/mol. The maximum absolute atomic E-state index is 12.6. The number of ketones is 1. The van der Waals surface area contributed by atoms with Gasteiger partial charge in [0.1, 0.15) is 5.69 Å². The van der Waals surface area contributed by atoms with Gasteiger partial charge in [-0.3, -0.25) is 14.4 Å². The molecule has 1 fully saturated rings. The first-order valence-electron chi connectivity index (χ1n) is 7.04. The molecule has 2 rings (SSSR count). The Bertz CT molecular complexity index is 590. The highest BCUT2D eigenvalue weighted by atomic mass is 16.4. The van der Waals surface area contributed by atoms with E-state index in [0.717, 1.165) is 0 Å². The number of carbonyl (C=O) groups is 3. The number of piperidine rings is 1. The number of Topliss-reactive ketones (excluding diaryl/α,β-unsaturated/α-hetero) is 1. The molecule has 6 nitrogen and oxygen atoms in total. The van der Waals surface area contributed by atoms with Gasteiger partial charge in [0, 0.05) is 31.4 Å². The zero-order valence-corrected chi connectivity index (χ0v) is 12.5. The Kier molecular flexibility index (Phi) is 4.16. The number of amides is 1. The Morgan fingerprint density at radius 2 is 2.00 bits per heavy atom. The van der Waals surface area contributed by atoms with Crippen molar-refractivity contribution in [3.05, 3.63) is 23.5 Å². The molecule has 2 heterocycles. The van der Waals surface area contributed by atoms with Gasteiger partial charge in [0.05, 0.1) is 5.92 Å². The molecule has 1 aliphatic heterocycles. The second kappa shape index (κ2) is 5.71. The van der Waals surface area contributed by atoms with Crippen molar-refractivity contribution in [2.75, 3.05) is 6.54 Å². The molecule has 1 aromatic heterocycles. The summed E-state index contributed by atoms with van der Waals surface area (Å²) in [5.41, 5.74) is 0.901. The van der Waals surface area contributed by atoms with Crippen LogP contribution >= 0.6 is 0 Å². The molecule has 1 aliphatic rings. The first-order valence-corrected chi connectivity index (χ1v) is 7.04. The number of carboxylic acids is 1. The van der Waals surface area contributed by atoms with Crippen LogP contribution in [0.15, 0.2) is 12.3 Å². The molecule has 0 aliphatic carbocycles. The van der Waals surface area contributed by atoms with Gasteiger partial charge in [-0.25, -0.2) is 0 Å². The Morgan fingerprint density at radius 3 is 2.52 bits per heavy atom. The Labute approximate surface area is 123 Å². The lowest BCUT2D eigenvalue weighted by molar-refractivity contribution is -0.145. The molecule has 0 bridgehead atoms. The molecule has 0 radical (unpaired) electrons. The van der Waals surface area contributed by atoms with Crippen LogP contribution in [0, 0.1) is 5.92 Å². The fraction of sp³-hybridized carbons (Fsp3) is 0.533. The smallest absolute Gasteiger partial charge is 0.308 e. The summed E-state index contributed by atoms with van der Waals surface area (Å²) in [6, 6.07) is 1.22. The van der Waals surface area contributed by atoms with E-state index >= 15 is 0 Å². The number of aromatic nitrogens is 1. The van der Waals surface area contributed by atoms with Crippen molar-refractivity contribution in [1.82, 2.24) is 9.47 Å². The molecule has 1 amide bonds. The number of nitrogens with zero attached hydrogens (tertiary/aromatic N) is 2. The quantitative estimate of drug-likeness (QED) is 0.857. The number of rotatable bonds is 3. The summed E-state index contributed by atoms with van der Waals surface area (Å²) in [6.45, 7) is 3.77. The van der Waals surface area contributed by atoms with E-state index in [9.17, 15) is 19.5 Å². The molecular weight excluding hydrogens is 272 g/mol. The van der Waals surface area contributed by atoms with Crippen LogP contribution < -0.4 is 0 Å². The molecule has 6 heteroatoms. The highest BCUT2D eigenvalue weighted by Crippen LogP contribution is 2.25. The summed E-state index contributed by atoms with van der Waals surface area (Å²) >= 11 is 0. The number of carbonyl (C=O) groups excluding carboxylic acids is 2. The van der Waals surface area contributed by atoms with Crippen LogP contribution in [0.5, 0.6) is 0 Å². The highest BCUT2D eigenvalue weighted by Gasteiger charge is 2.36. The molecule has 0 unspecified atom stereocenters. The zero-order chi connectivity index (χ0) is 15.7. The molecule has 2 atom stereocenters. The van der Waals surface area contributed by atoms with Crippen molar-refractivity contribution in [1.29, 1.82) is 0 Å². The molecule has 114 valence electrons. The maximum Gasteiger partial charge on any atom is 0.308 e. The monoisotopic (exact) mass is 292 g/mol. The van der Waals surface area contributed by atoms with Gasteiger partial charge < -0.3 is 14.6 Å². The van der Waals surface area contributed by atoms with Crippen molar-refractivity contribution in [2.45, 2.75) is 32.7 Å². The minimum Gasteiger partial charge on any atom is -0.481 e. The first kappa shape index (κ1) is 15.3. The second-order valence-electron chi connectivity index (χ2n) is 5.61. The van der Waals surface area contributed by atoms with Crippen LogP contribution in [0.25, 0.3) is 0 Å². The third-order valence-corrected chi connectivity index (χ3v) is 4.20. The SMILES string of the molecule is CC(=O)c1cc(C(=O)N2CCC[C@@H](C(=O)O)[C@H]2C)n(C)c1. The van der Waals surface area contributed by atoms with Crippen molar-refractivity contribution in [3.63, 3.8) is 0 Å². The average Bonchev–Trinajstić information content (AvgIpc) is 2.80. The van der Waals surface area contributed by atoms with E-state index < -0.39 is 11.9 Å². The number of likely N-dealkylation sites (tertiary alicyclic amines) is 1. The number of hydrogen-bond donors (Lipinski definition) is 1. The van der Waals surface area contributed by atoms with E-state index in [1.54, 1.807) is 35.7 Å². The summed E-state index contributed by atoms with van der Waals surface area (Å²) in [6.07, 6.45) is 2.89. The summed E-state index contributed by atoms with van der Waals surface area (Å²) in [5, 5.41) is 9.22. The number of carboxylic acid groups (broad SMARTS) is 1. The lowest BCUT2D eigenvalue weighted by atomic mass is 9.90. The van der Waals surface area contributed by atoms with Crippen LogP contribution in [0.4, 0.5) is 0 Å². The normalized spacial score (nSPS) is 22.1. The second-order valence-corrected chi connectivity index (χ2v) is 5.61. The Morgan fingerprint density at radius 1 is 1.33 bits per heavy atom. The Balaban J connectivity index is 2.27. The van der Waals surface area contributed by atoms with E-state index in [2.05, 4.69) is 0 Å². The molecule has 1 N–H and O–H groups in total. The fourth-order valence-electron chi connectivity index (χ4n) is 2.88. The van der Waals surface area contributed by atoms with Gasteiger partial charge in [0.25, 0.3) is 5.91 Å². The topological polar surface area (TPSA) is 79.6 Å². The van der Waals surface area contributed by atoms with Gasteiger partial charge in [-0.05, 0) is 32.8 Å². The molecule has 0 saturated carbocycles. The first-order chi connectivity index (χ1) is 9.82. The number of aryl methyl sites for hydroxylation is 1. The van der Waals surface area contributed by atoms with Crippen molar-refractivity contribution in [2.24, 2.45) is 13.0 Å². The van der Waals surface area contributed by atoms with E-state index in [-0.39, 0.29) is 17.7 Å². The Hall–Kier alpha value is -2.11. The molecule has 0 aromatic carbocycles. The molecule has 0 spiro atoms. The summed E-state index contributed by atoms with van der Waals surface area (Å²) in [4.78, 5) is 36.9. The summed E-state index contributed by atoms with van der Waals surface area (Å²) in [5.74, 6) is -1.71. The molecule has 1 aromatic rings. The lowest BCUT2D eigenvalue weighted by Crippen LogP contribution is -2.49. The van der Waals surface area contributed by atoms with E-state index in [0.29, 0.717) is 30.6 Å². The lowest BCUT2D eigenvalue weighted by Gasteiger charge is -2.37. The minimum absolute atomic E-state index is 0.0974.